The van der Waals surface area contributed by atoms with Gasteiger partial charge in [0.05, 0.1) is 25.0 Å². The van der Waals surface area contributed by atoms with E-state index in [1.807, 2.05) is 12.1 Å². The van der Waals surface area contributed by atoms with Crippen molar-refractivity contribution in [3.05, 3.63) is 59.7 Å². The van der Waals surface area contributed by atoms with Crippen LogP contribution in [0.3, 0.4) is 0 Å². The number of carbonyl (C=O) groups excluding carboxylic acids is 2. The van der Waals surface area contributed by atoms with E-state index in [1.165, 1.54) is 11.8 Å². The van der Waals surface area contributed by atoms with Gasteiger partial charge in [0, 0.05) is 11.4 Å². The fraction of sp³-hybridized carbons (Fsp3) is 0.263. The molecule has 6 heteroatoms. The minimum absolute atomic E-state index is 0.0725. The molecule has 2 rings (SSSR count). The van der Waals surface area contributed by atoms with E-state index in [0.717, 1.165) is 17.0 Å². The Hall–Kier alpha value is -2.47. The number of thioether (sulfide) groups is 1. The largest absolute Gasteiger partial charge is 0.497 e. The van der Waals surface area contributed by atoms with Gasteiger partial charge in [-0.05, 0) is 48.9 Å². The minimum atomic E-state index is -0.327. The van der Waals surface area contributed by atoms with Crippen molar-refractivity contribution in [3.8, 4) is 5.75 Å². The number of anilines is 1. The average molecular weight is 359 g/mol. The highest BCUT2D eigenvalue weighted by molar-refractivity contribution is 7.99. The van der Waals surface area contributed by atoms with Crippen molar-refractivity contribution in [2.45, 2.75) is 12.7 Å². The third-order valence-electron chi connectivity index (χ3n) is 3.31. The Balaban J connectivity index is 1.80. The van der Waals surface area contributed by atoms with E-state index >= 15 is 0 Å². The summed E-state index contributed by atoms with van der Waals surface area (Å²) >= 11 is 1.49. The molecule has 1 N–H and O–H groups in total. The highest BCUT2D eigenvalue weighted by atomic mass is 32.2. The lowest BCUT2D eigenvalue weighted by Gasteiger charge is -2.07. The maximum absolute atomic E-state index is 12.0. The normalized spacial score (nSPS) is 10.2. The van der Waals surface area contributed by atoms with Gasteiger partial charge in [0.2, 0.25) is 5.91 Å². The van der Waals surface area contributed by atoms with Gasteiger partial charge in [-0.25, -0.2) is 4.79 Å². The molecular weight excluding hydrogens is 338 g/mol. The number of benzene rings is 2. The van der Waals surface area contributed by atoms with E-state index in [2.05, 4.69) is 5.32 Å². The van der Waals surface area contributed by atoms with E-state index in [4.69, 9.17) is 9.47 Å². The molecule has 0 saturated carbocycles. The highest BCUT2D eigenvalue weighted by Crippen LogP contribution is 2.17. The number of nitrogens with one attached hydrogen (secondary N) is 1. The maximum Gasteiger partial charge on any atom is 0.338 e. The molecule has 0 aliphatic rings. The Morgan fingerprint density at radius 1 is 1.12 bits per heavy atom. The Labute approximate surface area is 151 Å². The fourth-order valence-corrected chi connectivity index (χ4v) is 2.91. The van der Waals surface area contributed by atoms with Crippen LogP contribution in [0.25, 0.3) is 0 Å². The number of carbonyl (C=O) groups is 2. The van der Waals surface area contributed by atoms with Crippen LogP contribution in [-0.4, -0.2) is 31.3 Å². The van der Waals surface area contributed by atoms with Crippen LogP contribution in [0.1, 0.15) is 22.8 Å². The molecule has 0 aliphatic carbocycles. The highest BCUT2D eigenvalue weighted by Gasteiger charge is 2.08. The summed E-state index contributed by atoms with van der Waals surface area (Å²) in [4.78, 5) is 23.7. The molecule has 1 amide bonds. The van der Waals surface area contributed by atoms with Crippen LogP contribution < -0.4 is 10.1 Å². The molecule has 132 valence electrons. The zero-order valence-electron chi connectivity index (χ0n) is 14.3. The second kappa shape index (κ2) is 9.74. The van der Waals surface area contributed by atoms with E-state index < -0.39 is 0 Å². The van der Waals surface area contributed by atoms with Crippen molar-refractivity contribution in [1.82, 2.24) is 0 Å². The molecule has 0 spiro atoms. The van der Waals surface area contributed by atoms with Crippen LogP contribution >= 0.6 is 11.8 Å². The molecule has 2 aromatic rings. The van der Waals surface area contributed by atoms with Gasteiger partial charge in [-0.2, -0.15) is 0 Å². The van der Waals surface area contributed by atoms with Crippen LogP contribution in [0.4, 0.5) is 5.69 Å². The second-order valence-electron chi connectivity index (χ2n) is 5.19. The van der Waals surface area contributed by atoms with Gasteiger partial charge < -0.3 is 14.8 Å². The van der Waals surface area contributed by atoms with Crippen molar-refractivity contribution in [3.63, 3.8) is 0 Å². The summed E-state index contributed by atoms with van der Waals surface area (Å²) in [6.45, 7) is 2.13. The van der Waals surface area contributed by atoms with E-state index in [-0.39, 0.29) is 11.9 Å². The molecule has 0 unspecified atom stereocenters. The Morgan fingerprint density at radius 3 is 2.56 bits per heavy atom. The summed E-state index contributed by atoms with van der Waals surface area (Å²) in [6, 6.07) is 14.5. The number of rotatable bonds is 8. The Bertz CT molecular complexity index is 716. The van der Waals surface area contributed by atoms with Crippen molar-refractivity contribution in [2.75, 3.05) is 24.8 Å². The molecule has 0 heterocycles. The average Bonchev–Trinajstić information content (AvgIpc) is 2.63. The van der Waals surface area contributed by atoms with Gasteiger partial charge in [-0.3, -0.25) is 4.79 Å². The maximum atomic E-state index is 12.0. The Kier molecular flexibility index (Phi) is 7.35. The topological polar surface area (TPSA) is 64.6 Å². The number of ether oxygens (including phenoxy) is 2. The van der Waals surface area contributed by atoms with E-state index in [1.54, 1.807) is 50.4 Å². The van der Waals surface area contributed by atoms with Gasteiger partial charge in [0.25, 0.3) is 0 Å². The van der Waals surface area contributed by atoms with E-state index in [0.29, 0.717) is 23.7 Å². The summed E-state index contributed by atoms with van der Waals surface area (Å²) in [5.74, 6) is 1.32. The molecule has 0 bridgehead atoms. The Morgan fingerprint density at radius 2 is 1.88 bits per heavy atom. The molecule has 0 saturated heterocycles. The molecule has 0 atom stereocenters. The first-order chi connectivity index (χ1) is 12.1. The minimum Gasteiger partial charge on any atom is -0.497 e. The smallest absolute Gasteiger partial charge is 0.338 e. The summed E-state index contributed by atoms with van der Waals surface area (Å²) in [6.07, 6.45) is 0. The summed E-state index contributed by atoms with van der Waals surface area (Å²) in [5.41, 5.74) is 2.24. The first kappa shape index (κ1) is 18.9. The van der Waals surface area contributed by atoms with Crippen LogP contribution in [0.5, 0.6) is 5.75 Å². The van der Waals surface area contributed by atoms with Gasteiger partial charge >= 0.3 is 5.97 Å². The zero-order valence-corrected chi connectivity index (χ0v) is 15.1. The van der Waals surface area contributed by atoms with Crippen molar-refractivity contribution in [1.29, 1.82) is 0 Å². The number of methoxy groups -OCH3 is 1. The van der Waals surface area contributed by atoms with Crippen LogP contribution in [0.2, 0.25) is 0 Å². The molecule has 0 radical (unpaired) electrons. The monoisotopic (exact) mass is 359 g/mol. The summed E-state index contributed by atoms with van der Waals surface area (Å²) in [5, 5.41) is 2.84. The standard InChI is InChI=1S/C19H21NO4S/c1-3-24-19(22)15-6-4-5-14(11-15)12-25-13-18(21)20-16-7-9-17(23-2)10-8-16/h4-11H,3,12-13H2,1-2H3,(H,20,21). The third-order valence-corrected chi connectivity index (χ3v) is 4.32. The van der Waals surface area contributed by atoms with Crippen molar-refractivity contribution in [2.24, 2.45) is 0 Å². The van der Waals surface area contributed by atoms with Gasteiger partial charge in [0.15, 0.2) is 0 Å². The number of amides is 1. The summed E-state index contributed by atoms with van der Waals surface area (Å²) < 4.78 is 10.1. The predicted molar refractivity (Wildman–Crippen MR) is 100 cm³/mol. The van der Waals surface area contributed by atoms with Gasteiger partial charge in [-0.15, -0.1) is 11.8 Å². The van der Waals surface area contributed by atoms with Gasteiger partial charge in [-0.1, -0.05) is 12.1 Å². The summed E-state index contributed by atoms with van der Waals surface area (Å²) in [7, 11) is 1.60. The number of hydrogen-bond donors (Lipinski definition) is 1. The first-order valence-corrected chi connectivity index (χ1v) is 9.05. The van der Waals surface area contributed by atoms with Crippen LogP contribution in [0.15, 0.2) is 48.5 Å². The number of hydrogen-bond acceptors (Lipinski definition) is 5. The predicted octanol–water partition coefficient (Wildman–Crippen LogP) is 3.74. The fourth-order valence-electron chi connectivity index (χ4n) is 2.14. The first-order valence-electron chi connectivity index (χ1n) is 7.90. The second-order valence-corrected chi connectivity index (χ2v) is 6.18. The van der Waals surface area contributed by atoms with Crippen molar-refractivity contribution < 1.29 is 19.1 Å². The SMILES string of the molecule is CCOC(=O)c1cccc(CSCC(=O)Nc2ccc(OC)cc2)c1. The van der Waals surface area contributed by atoms with Gasteiger partial charge in [0.1, 0.15) is 5.75 Å². The van der Waals surface area contributed by atoms with E-state index in [9.17, 15) is 9.59 Å². The molecule has 0 fully saturated rings. The zero-order chi connectivity index (χ0) is 18.1. The molecular formula is C19H21NO4S. The quantitative estimate of drug-likeness (QED) is 0.727. The lowest BCUT2D eigenvalue weighted by atomic mass is 10.1. The molecule has 2 aromatic carbocycles. The van der Waals surface area contributed by atoms with Crippen molar-refractivity contribution >= 4 is 29.3 Å². The third kappa shape index (κ3) is 6.15. The van der Waals surface area contributed by atoms with Crippen LogP contribution in [0, 0.1) is 0 Å². The molecule has 5 nitrogen and oxygen atoms in total. The number of esters is 1. The lowest BCUT2D eigenvalue weighted by molar-refractivity contribution is -0.113. The molecule has 0 aliphatic heterocycles. The molecule has 0 aromatic heterocycles. The van der Waals surface area contributed by atoms with Crippen LogP contribution in [-0.2, 0) is 15.3 Å². The molecule has 25 heavy (non-hydrogen) atoms. The lowest BCUT2D eigenvalue weighted by Crippen LogP contribution is -2.14.